The Kier molecular flexibility index (Phi) is 6.57. The highest BCUT2D eigenvalue weighted by Gasteiger charge is 2.14. The number of halogens is 1. The number of hydrogen-bond acceptors (Lipinski definition) is 8. The van der Waals surface area contributed by atoms with Crippen LogP contribution in [0, 0.1) is 0 Å². The minimum absolute atomic E-state index is 0. The number of nitrogens with zero attached hydrogens (tertiary/aromatic N) is 4. The monoisotopic (exact) mass is 455 g/mol. The number of thiophene rings is 1. The number of aromatic amines is 1. The molecule has 8 nitrogen and oxygen atoms in total. The standard InChI is InChI=1S/C21H21N7OS.ClH/c29-21-18-17(11-23-27-21)25-19(15-5-10-30-13-15)26-20(18)24-16-3-1-14(2-4-16)12-28-8-6-22-7-9-28;/h1-5,10-11,13,22H,6-9,12H2,(H,27,29)(H,24,25,26);1H. The lowest BCUT2D eigenvalue weighted by Gasteiger charge is -2.27. The second kappa shape index (κ2) is 9.52. The van der Waals surface area contributed by atoms with E-state index in [4.69, 9.17) is 0 Å². The molecule has 31 heavy (non-hydrogen) atoms. The molecule has 160 valence electrons. The van der Waals surface area contributed by atoms with Crippen molar-refractivity contribution in [1.29, 1.82) is 0 Å². The second-order valence-corrected chi connectivity index (χ2v) is 8.00. The molecule has 4 heterocycles. The van der Waals surface area contributed by atoms with Crippen LogP contribution < -0.4 is 16.2 Å². The van der Waals surface area contributed by atoms with Crippen molar-refractivity contribution in [1.82, 2.24) is 30.4 Å². The summed E-state index contributed by atoms with van der Waals surface area (Å²) in [6.45, 7) is 5.14. The van der Waals surface area contributed by atoms with Crippen molar-refractivity contribution in [3.63, 3.8) is 0 Å². The highest BCUT2D eigenvalue weighted by Crippen LogP contribution is 2.26. The van der Waals surface area contributed by atoms with Crippen LogP contribution in [0.3, 0.4) is 0 Å². The lowest BCUT2D eigenvalue weighted by molar-refractivity contribution is 0.233. The van der Waals surface area contributed by atoms with Crippen molar-refractivity contribution in [2.45, 2.75) is 6.54 Å². The Labute approximate surface area is 189 Å². The van der Waals surface area contributed by atoms with E-state index in [2.05, 4.69) is 47.8 Å². The number of piperazine rings is 1. The number of anilines is 2. The molecule has 1 saturated heterocycles. The van der Waals surface area contributed by atoms with E-state index < -0.39 is 0 Å². The third-order valence-electron chi connectivity index (χ3n) is 5.13. The number of rotatable bonds is 5. The van der Waals surface area contributed by atoms with Gasteiger partial charge in [-0.25, -0.2) is 15.1 Å². The van der Waals surface area contributed by atoms with Crippen molar-refractivity contribution < 1.29 is 0 Å². The average molecular weight is 456 g/mol. The van der Waals surface area contributed by atoms with Crippen molar-refractivity contribution >= 4 is 46.2 Å². The van der Waals surface area contributed by atoms with Gasteiger partial charge in [0.15, 0.2) is 5.82 Å². The van der Waals surface area contributed by atoms with E-state index in [0.717, 1.165) is 44.0 Å². The fourth-order valence-corrected chi connectivity index (χ4v) is 4.21. The summed E-state index contributed by atoms with van der Waals surface area (Å²) in [6.07, 6.45) is 1.55. The molecule has 3 N–H and O–H groups in total. The van der Waals surface area contributed by atoms with Gasteiger partial charge in [-0.15, -0.1) is 12.4 Å². The Bertz CT molecular complexity index is 1200. The zero-order valence-electron chi connectivity index (χ0n) is 16.7. The molecule has 3 aromatic heterocycles. The van der Waals surface area contributed by atoms with Gasteiger partial charge in [-0.3, -0.25) is 9.69 Å². The molecule has 0 amide bonds. The van der Waals surface area contributed by atoms with Crippen molar-refractivity contribution in [3.8, 4) is 11.4 Å². The lowest BCUT2D eigenvalue weighted by atomic mass is 10.1. The maximum absolute atomic E-state index is 12.4. The van der Waals surface area contributed by atoms with E-state index >= 15 is 0 Å². The first-order valence-corrected chi connectivity index (χ1v) is 10.8. The first-order valence-electron chi connectivity index (χ1n) is 9.83. The molecule has 0 aliphatic carbocycles. The van der Waals surface area contributed by atoms with Crippen LogP contribution in [0.1, 0.15) is 5.56 Å². The van der Waals surface area contributed by atoms with Gasteiger partial charge >= 0.3 is 0 Å². The molecular weight excluding hydrogens is 434 g/mol. The van der Waals surface area contributed by atoms with E-state index in [-0.39, 0.29) is 18.0 Å². The van der Waals surface area contributed by atoms with E-state index in [1.54, 1.807) is 17.5 Å². The Balaban J connectivity index is 0.00000231. The maximum Gasteiger partial charge on any atom is 0.277 e. The number of aromatic nitrogens is 4. The summed E-state index contributed by atoms with van der Waals surface area (Å²) >= 11 is 1.58. The summed E-state index contributed by atoms with van der Waals surface area (Å²) in [5.41, 5.74) is 3.23. The van der Waals surface area contributed by atoms with Gasteiger partial charge in [-0.1, -0.05) is 12.1 Å². The fraction of sp³-hybridized carbons (Fsp3) is 0.238. The molecule has 10 heteroatoms. The Morgan fingerprint density at radius 3 is 2.65 bits per heavy atom. The molecule has 0 bridgehead atoms. The molecule has 0 radical (unpaired) electrons. The van der Waals surface area contributed by atoms with Crippen LogP contribution in [0.15, 0.2) is 52.1 Å². The SMILES string of the molecule is Cl.O=c1[nH]ncc2nc(-c3ccsc3)nc(Nc3ccc(CN4CCNCC4)cc3)c12. The molecule has 0 spiro atoms. The van der Waals surface area contributed by atoms with Gasteiger partial charge in [0.25, 0.3) is 5.56 Å². The molecule has 0 atom stereocenters. The topological polar surface area (TPSA) is 98.8 Å². The van der Waals surface area contributed by atoms with E-state index in [1.807, 2.05) is 29.0 Å². The van der Waals surface area contributed by atoms with Crippen LogP contribution in [0.25, 0.3) is 22.3 Å². The summed E-state index contributed by atoms with van der Waals surface area (Å²) in [5.74, 6) is 1.04. The summed E-state index contributed by atoms with van der Waals surface area (Å²) in [7, 11) is 0. The normalized spacial score (nSPS) is 14.3. The molecule has 1 aliphatic rings. The third kappa shape index (κ3) is 4.75. The molecule has 4 aromatic rings. The van der Waals surface area contributed by atoms with Crippen molar-refractivity contribution in [2.24, 2.45) is 0 Å². The number of benzene rings is 1. The van der Waals surface area contributed by atoms with Crippen LogP contribution in [0.5, 0.6) is 0 Å². The maximum atomic E-state index is 12.4. The molecule has 0 unspecified atom stereocenters. The first-order chi connectivity index (χ1) is 14.8. The molecule has 1 aliphatic heterocycles. The summed E-state index contributed by atoms with van der Waals surface area (Å²) < 4.78 is 0. The quantitative estimate of drug-likeness (QED) is 0.425. The van der Waals surface area contributed by atoms with E-state index in [1.165, 1.54) is 5.56 Å². The number of H-pyrrole nitrogens is 1. The summed E-state index contributed by atoms with van der Waals surface area (Å²) in [4.78, 5) is 24.0. The molecule has 1 fully saturated rings. The molecule has 1 aromatic carbocycles. The Morgan fingerprint density at radius 2 is 1.90 bits per heavy atom. The second-order valence-electron chi connectivity index (χ2n) is 7.22. The van der Waals surface area contributed by atoms with Gasteiger partial charge in [-0.05, 0) is 29.1 Å². The minimum Gasteiger partial charge on any atom is -0.339 e. The van der Waals surface area contributed by atoms with Crippen molar-refractivity contribution in [3.05, 3.63) is 63.2 Å². The van der Waals surface area contributed by atoms with Crippen LogP contribution in [-0.4, -0.2) is 51.2 Å². The van der Waals surface area contributed by atoms with Gasteiger partial charge in [-0.2, -0.15) is 16.4 Å². The Morgan fingerprint density at radius 1 is 1.10 bits per heavy atom. The molecule has 0 saturated carbocycles. The summed E-state index contributed by atoms with van der Waals surface area (Å²) in [5, 5.41) is 17.4. The van der Waals surface area contributed by atoms with Gasteiger partial charge in [0.05, 0.1) is 6.20 Å². The van der Waals surface area contributed by atoms with Gasteiger partial charge in [0, 0.05) is 49.4 Å². The van der Waals surface area contributed by atoms with Crippen LogP contribution >= 0.6 is 23.7 Å². The number of hydrogen-bond donors (Lipinski definition) is 3. The van der Waals surface area contributed by atoms with Crippen LogP contribution in [0.4, 0.5) is 11.5 Å². The van der Waals surface area contributed by atoms with E-state index in [0.29, 0.717) is 22.5 Å². The predicted octanol–water partition coefficient (Wildman–Crippen LogP) is 3.01. The highest BCUT2D eigenvalue weighted by molar-refractivity contribution is 7.08. The summed E-state index contributed by atoms with van der Waals surface area (Å²) in [6, 6.07) is 10.2. The highest BCUT2D eigenvalue weighted by atomic mass is 35.5. The Hall–Kier alpha value is -2.85. The van der Waals surface area contributed by atoms with Gasteiger partial charge in [0.2, 0.25) is 0 Å². The zero-order chi connectivity index (χ0) is 20.3. The predicted molar refractivity (Wildman–Crippen MR) is 126 cm³/mol. The minimum atomic E-state index is -0.317. The smallest absolute Gasteiger partial charge is 0.277 e. The first kappa shape index (κ1) is 21.4. The lowest BCUT2D eigenvalue weighted by Crippen LogP contribution is -2.42. The molecule has 5 rings (SSSR count). The van der Waals surface area contributed by atoms with Crippen LogP contribution in [0.2, 0.25) is 0 Å². The number of fused-ring (bicyclic) bond motifs is 1. The van der Waals surface area contributed by atoms with Crippen molar-refractivity contribution in [2.75, 3.05) is 31.5 Å². The van der Waals surface area contributed by atoms with Crippen LogP contribution in [-0.2, 0) is 6.54 Å². The molecular formula is C21H22ClN7OS. The van der Waals surface area contributed by atoms with Gasteiger partial charge < -0.3 is 10.6 Å². The van der Waals surface area contributed by atoms with E-state index in [9.17, 15) is 4.79 Å². The third-order valence-corrected chi connectivity index (χ3v) is 5.81. The largest absolute Gasteiger partial charge is 0.339 e. The van der Waals surface area contributed by atoms with Gasteiger partial charge in [0.1, 0.15) is 16.7 Å². The zero-order valence-corrected chi connectivity index (χ0v) is 18.3. The number of nitrogens with one attached hydrogen (secondary N) is 3. The fourth-order valence-electron chi connectivity index (χ4n) is 3.57. The average Bonchev–Trinajstić information content (AvgIpc) is 3.31.